The topological polar surface area (TPSA) is 38.7 Å². The molecule has 0 spiro atoms. The zero-order valence-corrected chi connectivity index (χ0v) is 15.3. The Balaban J connectivity index is 2.06. The molecule has 21 heavy (non-hydrogen) atoms. The van der Waals surface area contributed by atoms with E-state index >= 15 is 0 Å². The van der Waals surface area contributed by atoms with Crippen molar-refractivity contribution in [1.82, 2.24) is 0 Å². The fraction of sp³-hybridized carbons (Fsp3) is 0.333. The van der Waals surface area contributed by atoms with Gasteiger partial charge in [0.2, 0.25) is 0 Å². The molecule has 6 heteroatoms. The van der Waals surface area contributed by atoms with E-state index in [9.17, 15) is 4.79 Å². The number of thioether (sulfide) groups is 2. The van der Waals surface area contributed by atoms with Crippen molar-refractivity contribution in [2.75, 3.05) is 5.75 Å². The number of aliphatic imine (C=N–C) groups is 1. The predicted molar refractivity (Wildman–Crippen MR) is 96.3 cm³/mol. The molecule has 0 aliphatic carbocycles. The number of nitrogens with zero attached hydrogens (tertiary/aromatic N) is 1. The number of carbonyl (C=O) groups is 1. The number of halogens is 1. The predicted octanol–water partition coefficient (Wildman–Crippen LogP) is 5.19. The van der Waals surface area contributed by atoms with Gasteiger partial charge in [0.05, 0.1) is 11.4 Å². The van der Waals surface area contributed by atoms with Gasteiger partial charge in [-0.2, -0.15) is 0 Å². The molecule has 0 bridgehead atoms. The van der Waals surface area contributed by atoms with Crippen LogP contribution in [0.5, 0.6) is 0 Å². The van der Waals surface area contributed by atoms with Crippen LogP contribution in [0.2, 0.25) is 0 Å². The molecule has 0 saturated carbocycles. The van der Waals surface area contributed by atoms with Crippen LogP contribution < -0.4 is 0 Å². The number of ether oxygens (including phenoxy) is 1. The van der Waals surface area contributed by atoms with Gasteiger partial charge in [0.1, 0.15) is 9.98 Å². The average Bonchev–Trinajstić information content (AvgIpc) is 2.42. The van der Waals surface area contributed by atoms with E-state index in [4.69, 9.17) is 4.74 Å². The Morgan fingerprint density at radius 3 is 2.81 bits per heavy atom. The minimum absolute atomic E-state index is 0.223. The lowest BCUT2D eigenvalue weighted by atomic mass is 10.2. The Labute approximate surface area is 141 Å². The first-order valence-corrected chi connectivity index (χ1v) is 9.12. The van der Waals surface area contributed by atoms with Gasteiger partial charge in [0.15, 0.2) is 0 Å². The molecular weight excluding hydrogens is 370 g/mol. The third-order valence-electron chi connectivity index (χ3n) is 2.41. The number of carbonyl (C=O) groups excluding carboxylic acids is 1. The van der Waals surface area contributed by atoms with E-state index < -0.39 is 5.60 Å². The normalized spacial score (nSPS) is 16.4. The van der Waals surface area contributed by atoms with E-state index in [2.05, 4.69) is 20.9 Å². The van der Waals surface area contributed by atoms with Gasteiger partial charge in [-0.15, -0.1) is 0 Å². The van der Waals surface area contributed by atoms with Gasteiger partial charge >= 0.3 is 5.97 Å². The highest BCUT2D eigenvalue weighted by atomic mass is 79.9. The molecule has 112 valence electrons. The van der Waals surface area contributed by atoms with E-state index in [1.165, 1.54) is 11.8 Å². The van der Waals surface area contributed by atoms with Crippen LogP contribution in [-0.2, 0) is 9.53 Å². The summed E-state index contributed by atoms with van der Waals surface area (Å²) in [6.07, 6.45) is 0. The lowest BCUT2D eigenvalue weighted by Crippen LogP contribution is -2.25. The quantitative estimate of drug-likeness (QED) is 0.656. The van der Waals surface area contributed by atoms with Crippen molar-refractivity contribution in [1.29, 1.82) is 0 Å². The molecule has 0 unspecified atom stereocenters. The molecule has 0 fully saturated rings. The van der Waals surface area contributed by atoms with E-state index in [1.54, 1.807) is 11.8 Å². The van der Waals surface area contributed by atoms with Crippen LogP contribution in [0, 0.1) is 0 Å². The highest BCUT2D eigenvalue weighted by Crippen LogP contribution is 2.43. The number of hydrogen-bond acceptors (Lipinski definition) is 5. The molecule has 1 aromatic carbocycles. The second kappa shape index (κ2) is 7.03. The summed E-state index contributed by atoms with van der Waals surface area (Å²) < 4.78 is 6.16. The maximum Gasteiger partial charge on any atom is 0.316 e. The zero-order chi connectivity index (χ0) is 15.5. The molecule has 1 aliphatic rings. The summed E-state index contributed by atoms with van der Waals surface area (Å²) in [7, 11) is 0. The number of esters is 1. The first-order valence-electron chi connectivity index (χ1n) is 6.40. The smallest absolute Gasteiger partial charge is 0.316 e. The summed E-state index contributed by atoms with van der Waals surface area (Å²) in [5, 5.41) is 0. The van der Waals surface area contributed by atoms with Gasteiger partial charge < -0.3 is 4.74 Å². The Morgan fingerprint density at radius 1 is 1.43 bits per heavy atom. The minimum Gasteiger partial charge on any atom is -0.459 e. The molecular formula is C15H16BrNO2S2. The van der Waals surface area contributed by atoms with Gasteiger partial charge in [-0.25, -0.2) is 4.99 Å². The third kappa shape index (κ3) is 4.90. The number of para-hydroxylation sites is 1. The first-order chi connectivity index (χ1) is 9.89. The molecule has 1 aromatic rings. The van der Waals surface area contributed by atoms with E-state index in [1.807, 2.05) is 50.0 Å². The largest absolute Gasteiger partial charge is 0.459 e. The summed E-state index contributed by atoms with van der Waals surface area (Å²) >= 11 is 6.35. The van der Waals surface area contributed by atoms with Crippen LogP contribution in [-0.4, -0.2) is 21.7 Å². The third-order valence-corrected chi connectivity index (χ3v) is 5.32. The van der Waals surface area contributed by atoms with Crippen molar-refractivity contribution >= 4 is 60.4 Å². The average molecular weight is 386 g/mol. The van der Waals surface area contributed by atoms with Crippen LogP contribution in [0.15, 0.2) is 34.2 Å². The zero-order valence-electron chi connectivity index (χ0n) is 12.1. The van der Waals surface area contributed by atoms with Crippen LogP contribution in [0.3, 0.4) is 0 Å². The Morgan fingerprint density at radius 2 is 2.14 bits per heavy atom. The number of rotatable bonds is 2. The maximum atomic E-state index is 11.8. The summed E-state index contributed by atoms with van der Waals surface area (Å²) in [5.41, 5.74) is 1.57. The molecule has 0 N–H and O–H groups in total. The SMILES string of the molecule is CC(C)(C)OC(=O)CSC1=Nc2ccccc2/C(=C/Br)S1. The second-order valence-electron chi connectivity index (χ2n) is 5.35. The van der Waals surface area contributed by atoms with Crippen molar-refractivity contribution in [3.8, 4) is 0 Å². The lowest BCUT2D eigenvalue weighted by molar-refractivity contribution is -0.151. The van der Waals surface area contributed by atoms with E-state index in [0.717, 1.165) is 20.5 Å². The maximum absolute atomic E-state index is 11.8. The standard InChI is InChI=1S/C15H16BrNO2S2/c1-15(2,3)19-13(18)9-20-14-17-11-7-5-4-6-10(11)12(8-16)21-14/h4-8H,9H2,1-3H3/b12-8-. The first kappa shape index (κ1) is 16.6. The number of hydrogen-bond donors (Lipinski definition) is 0. The molecule has 1 aliphatic heterocycles. The molecule has 1 heterocycles. The van der Waals surface area contributed by atoms with Gasteiger partial charge in [-0.3, -0.25) is 4.79 Å². The summed E-state index contributed by atoms with van der Waals surface area (Å²) in [6, 6.07) is 7.96. The van der Waals surface area contributed by atoms with E-state index in [-0.39, 0.29) is 11.7 Å². The van der Waals surface area contributed by atoms with Crippen LogP contribution in [0.4, 0.5) is 5.69 Å². The Bertz CT molecular complexity index is 606. The molecule has 2 rings (SSSR count). The van der Waals surface area contributed by atoms with Gasteiger partial charge in [0.25, 0.3) is 0 Å². The Kier molecular flexibility index (Phi) is 5.57. The minimum atomic E-state index is -0.452. The highest BCUT2D eigenvalue weighted by Gasteiger charge is 2.20. The van der Waals surface area contributed by atoms with Crippen LogP contribution in [0.25, 0.3) is 4.91 Å². The summed E-state index contributed by atoms with van der Waals surface area (Å²) in [5.74, 6) is 0.0416. The van der Waals surface area contributed by atoms with Gasteiger partial charge in [-0.05, 0) is 31.8 Å². The van der Waals surface area contributed by atoms with Crippen molar-refractivity contribution in [2.45, 2.75) is 26.4 Å². The van der Waals surface area contributed by atoms with Gasteiger partial charge in [0, 0.05) is 10.5 Å². The van der Waals surface area contributed by atoms with Crippen molar-refractivity contribution in [2.24, 2.45) is 4.99 Å². The second-order valence-corrected chi connectivity index (χ2v) is 8.06. The molecule has 0 atom stereocenters. The fourth-order valence-electron chi connectivity index (χ4n) is 1.68. The molecule has 0 saturated heterocycles. The molecule has 0 amide bonds. The lowest BCUT2D eigenvalue weighted by Gasteiger charge is -2.20. The van der Waals surface area contributed by atoms with Crippen molar-refractivity contribution in [3.05, 3.63) is 34.8 Å². The molecule has 3 nitrogen and oxygen atoms in total. The number of benzene rings is 1. The fourth-order valence-corrected chi connectivity index (χ4v) is 4.02. The van der Waals surface area contributed by atoms with Crippen molar-refractivity contribution < 1.29 is 9.53 Å². The molecule has 0 radical (unpaired) electrons. The Hall–Kier alpha value is -0.720. The monoisotopic (exact) mass is 385 g/mol. The van der Waals surface area contributed by atoms with Gasteiger partial charge in [-0.1, -0.05) is 57.7 Å². The van der Waals surface area contributed by atoms with Crippen LogP contribution >= 0.6 is 39.5 Å². The summed E-state index contributed by atoms with van der Waals surface area (Å²) in [6.45, 7) is 5.60. The van der Waals surface area contributed by atoms with Crippen molar-refractivity contribution in [3.63, 3.8) is 0 Å². The van der Waals surface area contributed by atoms with Crippen LogP contribution in [0.1, 0.15) is 26.3 Å². The van der Waals surface area contributed by atoms with E-state index in [0.29, 0.717) is 0 Å². The highest BCUT2D eigenvalue weighted by molar-refractivity contribution is 9.11. The molecule has 0 aromatic heterocycles. The number of fused-ring (bicyclic) bond motifs is 1. The summed E-state index contributed by atoms with van der Waals surface area (Å²) in [4.78, 5) is 19.3.